The lowest BCUT2D eigenvalue weighted by atomic mass is 9.88. The van der Waals surface area contributed by atoms with Crippen molar-refractivity contribution in [2.45, 2.75) is 53.6 Å². The van der Waals surface area contributed by atoms with Gasteiger partial charge in [0.25, 0.3) is 0 Å². The predicted octanol–water partition coefficient (Wildman–Crippen LogP) is 2.86. The molecule has 0 aliphatic rings. The Morgan fingerprint density at radius 3 is 2.68 bits per heavy atom. The van der Waals surface area contributed by atoms with Crippen LogP contribution in [0, 0.1) is 12.3 Å². The van der Waals surface area contributed by atoms with Crippen LogP contribution in [-0.4, -0.2) is 28.0 Å². The molecular formula is C14H26BrN3O. The van der Waals surface area contributed by atoms with E-state index in [4.69, 9.17) is 5.11 Å². The van der Waals surface area contributed by atoms with Gasteiger partial charge in [-0.15, -0.1) is 0 Å². The van der Waals surface area contributed by atoms with E-state index in [1.165, 1.54) is 5.69 Å². The zero-order chi connectivity index (χ0) is 14.5. The lowest BCUT2D eigenvalue weighted by Crippen LogP contribution is -2.30. The number of aliphatic hydroxyl groups is 1. The molecule has 0 bridgehead atoms. The Hall–Kier alpha value is -0.390. The van der Waals surface area contributed by atoms with Crippen LogP contribution in [0.5, 0.6) is 0 Å². The van der Waals surface area contributed by atoms with Crippen molar-refractivity contribution < 1.29 is 5.11 Å². The van der Waals surface area contributed by atoms with Crippen molar-refractivity contribution in [2.24, 2.45) is 5.41 Å². The van der Waals surface area contributed by atoms with Crippen molar-refractivity contribution in [2.75, 3.05) is 13.2 Å². The van der Waals surface area contributed by atoms with E-state index in [-0.39, 0.29) is 12.0 Å². The summed E-state index contributed by atoms with van der Waals surface area (Å²) in [5.74, 6) is 0. The van der Waals surface area contributed by atoms with Gasteiger partial charge in [-0.05, 0) is 48.0 Å². The molecule has 0 saturated carbocycles. The summed E-state index contributed by atoms with van der Waals surface area (Å²) in [5.41, 5.74) is 2.46. The van der Waals surface area contributed by atoms with Gasteiger partial charge in [0.2, 0.25) is 0 Å². The molecule has 1 heterocycles. The molecule has 19 heavy (non-hydrogen) atoms. The fourth-order valence-corrected chi connectivity index (χ4v) is 2.63. The van der Waals surface area contributed by atoms with Crippen LogP contribution in [0.2, 0.25) is 0 Å². The molecule has 5 heteroatoms. The van der Waals surface area contributed by atoms with E-state index in [0.717, 1.165) is 42.6 Å². The van der Waals surface area contributed by atoms with Gasteiger partial charge in [-0.2, -0.15) is 5.10 Å². The van der Waals surface area contributed by atoms with Crippen molar-refractivity contribution in [3.8, 4) is 0 Å². The molecule has 0 amide bonds. The fourth-order valence-electron chi connectivity index (χ4n) is 2.20. The molecule has 0 aromatic carbocycles. The van der Waals surface area contributed by atoms with Crippen LogP contribution in [0.3, 0.4) is 0 Å². The summed E-state index contributed by atoms with van der Waals surface area (Å²) in [6.07, 6.45) is 1.90. The Morgan fingerprint density at radius 2 is 2.11 bits per heavy atom. The minimum absolute atomic E-state index is 0.210. The van der Waals surface area contributed by atoms with Gasteiger partial charge in [-0.1, -0.05) is 13.8 Å². The van der Waals surface area contributed by atoms with E-state index < -0.39 is 0 Å². The second-order valence-corrected chi connectivity index (χ2v) is 6.55. The van der Waals surface area contributed by atoms with Crippen LogP contribution in [0.15, 0.2) is 4.47 Å². The molecule has 4 nitrogen and oxygen atoms in total. The minimum atomic E-state index is 0.210. The summed E-state index contributed by atoms with van der Waals surface area (Å²) in [7, 11) is 0. The summed E-state index contributed by atoms with van der Waals surface area (Å²) >= 11 is 3.61. The number of aromatic nitrogens is 2. The molecule has 0 saturated heterocycles. The van der Waals surface area contributed by atoms with E-state index in [1.807, 2.05) is 11.6 Å². The first-order valence-corrected chi connectivity index (χ1v) is 7.74. The second-order valence-electron chi connectivity index (χ2n) is 5.76. The Kier molecular flexibility index (Phi) is 6.50. The highest BCUT2D eigenvalue weighted by Gasteiger charge is 2.18. The Bertz CT molecular complexity index is 402. The topological polar surface area (TPSA) is 50.1 Å². The van der Waals surface area contributed by atoms with Crippen LogP contribution in [0.4, 0.5) is 0 Å². The van der Waals surface area contributed by atoms with E-state index in [1.54, 1.807) is 0 Å². The number of halogens is 1. The smallest absolute Gasteiger partial charge is 0.0739 e. The summed E-state index contributed by atoms with van der Waals surface area (Å²) in [5, 5.41) is 16.9. The quantitative estimate of drug-likeness (QED) is 0.770. The standard InChI is InChI=1S/C14H26BrN3O/c1-5-18-12(13(15)11(2)17-18)9-16-10-14(3,4)7-6-8-19/h16,19H,5-10H2,1-4H3. The highest BCUT2D eigenvalue weighted by atomic mass is 79.9. The number of hydrogen-bond donors (Lipinski definition) is 2. The maximum atomic E-state index is 8.90. The van der Waals surface area contributed by atoms with E-state index >= 15 is 0 Å². The summed E-state index contributed by atoms with van der Waals surface area (Å²) in [4.78, 5) is 0. The molecule has 1 aromatic heterocycles. The minimum Gasteiger partial charge on any atom is -0.396 e. The molecule has 2 N–H and O–H groups in total. The highest BCUT2D eigenvalue weighted by molar-refractivity contribution is 9.10. The van der Waals surface area contributed by atoms with Crippen LogP contribution in [-0.2, 0) is 13.1 Å². The third-order valence-corrected chi connectivity index (χ3v) is 4.39. The zero-order valence-electron chi connectivity index (χ0n) is 12.5. The third-order valence-electron chi connectivity index (χ3n) is 3.36. The fraction of sp³-hybridized carbons (Fsp3) is 0.786. The first kappa shape index (κ1) is 16.7. The normalized spacial score (nSPS) is 12.1. The third kappa shape index (κ3) is 4.89. The van der Waals surface area contributed by atoms with Crippen molar-refractivity contribution >= 4 is 15.9 Å². The van der Waals surface area contributed by atoms with Gasteiger partial charge in [-0.25, -0.2) is 0 Å². The van der Waals surface area contributed by atoms with Crippen LogP contribution in [0.1, 0.15) is 45.0 Å². The molecule has 110 valence electrons. The molecule has 0 fully saturated rings. The SMILES string of the molecule is CCn1nc(C)c(Br)c1CNCC(C)(C)CCCO. The molecule has 0 atom stereocenters. The average Bonchev–Trinajstić information content (AvgIpc) is 2.64. The molecule has 0 aliphatic heterocycles. The molecule has 0 unspecified atom stereocenters. The molecule has 0 radical (unpaired) electrons. The number of nitrogens with one attached hydrogen (secondary N) is 1. The second kappa shape index (κ2) is 7.41. The number of aryl methyl sites for hydroxylation is 2. The van der Waals surface area contributed by atoms with Gasteiger partial charge in [0.05, 0.1) is 15.9 Å². The predicted molar refractivity (Wildman–Crippen MR) is 82.1 cm³/mol. The zero-order valence-corrected chi connectivity index (χ0v) is 14.0. The summed E-state index contributed by atoms with van der Waals surface area (Å²) in [6.45, 7) is 11.5. The van der Waals surface area contributed by atoms with Gasteiger partial charge < -0.3 is 10.4 Å². The molecular weight excluding hydrogens is 306 g/mol. The van der Waals surface area contributed by atoms with E-state index in [9.17, 15) is 0 Å². The molecule has 0 aliphatic carbocycles. The van der Waals surface area contributed by atoms with Gasteiger partial charge in [0.1, 0.15) is 0 Å². The first-order chi connectivity index (χ1) is 8.91. The Morgan fingerprint density at radius 1 is 1.42 bits per heavy atom. The van der Waals surface area contributed by atoms with Gasteiger partial charge >= 0.3 is 0 Å². The van der Waals surface area contributed by atoms with Crippen LogP contribution < -0.4 is 5.32 Å². The maximum Gasteiger partial charge on any atom is 0.0739 e. The van der Waals surface area contributed by atoms with Crippen molar-refractivity contribution in [3.05, 3.63) is 15.9 Å². The highest BCUT2D eigenvalue weighted by Crippen LogP contribution is 2.23. The first-order valence-electron chi connectivity index (χ1n) is 6.94. The van der Waals surface area contributed by atoms with Crippen LogP contribution >= 0.6 is 15.9 Å². The molecule has 1 rings (SSSR count). The largest absolute Gasteiger partial charge is 0.396 e. The average molecular weight is 332 g/mol. The molecule has 1 aromatic rings. The molecule has 0 spiro atoms. The van der Waals surface area contributed by atoms with E-state index in [2.05, 4.69) is 47.1 Å². The lowest BCUT2D eigenvalue weighted by Gasteiger charge is -2.24. The van der Waals surface area contributed by atoms with Crippen molar-refractivity contribution in [1.82, 2.24) is 15.1 Å². The summed E-state index contributed by atoms with van der Waals surface area (Å²) < 4.78 is 3.14. The van der Waals surface area contributed by atoms with Gasteiger partial charge in [0, 0.05) is 26.2 Å². The Labute approximate surface area is 124 Å². The van der Waals surface area contributed by atoms with Crippen LogP contribution in [0.25, 0.3) is 0 Å². The lowest BCUT2D eigenvalue weighted by molar-refractivity contribution is 0.236. The number of hydrogen-bond acceptors (Lipinski definition) is 3. The van der Waals surface area contributed by atoms with E-state index in [0.29, 0.717) is 0 Å². The van der Waals surface area contributed by atoms with Gasteiger partial charge in [0.15, 0.2) is 0 Å². The number of aliphatic hydroxyl groups excluding tert-OH is 1. The summed E-state index contributed by atoms with van der Waals surface area (Å²) in [6, 6.07) is 0. The number of nitrogens with zero attached hydrogens (tertiary/aromatic N) is 2. The van der Waals surface area contributed by atoms with Crippen molar-refractivity contribution in [1.29, 1.82) is 0 Å². The Balaban J connectivity index is 2.53. The number of rotatable bonds is 8. The maximum absolute atomic E-state index is 8.90. The monoisotopic (exact) mass is 331 g/mol. The van der Waals surface area contributed by atoms with Gasteiger partial charge in [-0.3, -0.25) is 4.68 Å². The van der Waals surface area contributed by atoms with Crippen molar-refractivity contribution in [3.63, 3.8) is 0 Å².